The van der Waals surface area contributed by atoms with Crippen LogP contribution in [0.2, 0.25) is 0 Å². The molecule has 0 heterocycles. The van der Waals surface area contributed by atoms with Crippen LogP contribution in [0, 0.1) is 11.3 Å². The fourth-order valence-electron chi connectivity index (χ4n) is 3.49. The second-order valence-electron chi connectivity index (χ2n) is 5.72. The van der Waals surface area contributed by atoms with Gasteiger partial charge in [0.25, 0.3) is 0 Å². The maximum atomic E-state index is 6.07. The molecule has 0 aliphatic heterocycles. The van der Waals surface area contributed by atoms with Gasteiger partial charge in [-0.3, -0.25) is 0 Å². The van der Waals surface area contributed by atoms with Gasteiger partial charge in [0.1, 0.15) is 0 Å². The highest BCUT2D eigenvalue weighted by Gasteiger charge is 2.51. The summed E-state index contributed by atoms with van der Waals surface area (Å²) >= 11 is 0. The summed E-state index contributed by atoms with van der Waals surface area (Å²) in [6.45, 7) is 13.8. The highest BCUT2D eigenvalue weighted by Crippen LogP contribution is 2.46. The molecule has 3 heteroatoms. The molecule has 1 rings (SSSR count). The number of hydrogen-bond donors (Lipinski definition) is 0. The first-order valence-electron chi connectivity index (χ1n) is 7.94. The maximum absolute atomic E-state index is 6.07. The molecule has 1 saturated carbocycles. The Morgan fingerprint density at radius 1 is 0.947 bits per heavy atom. The molecule has 0 radical (unpaired) electrons. The molecule has 0 aromatic heterocycles. The van der Waals surface area contributed by atoms with E-state index in [-0.39, 0.29) is 17.6 Å². The van der Waals surface area contributed by atoms with Gasteiger partial charge in [-0.15, -0.1) is 0 Å². The van der Waals surface area contributed by atoms with Crippen LogP contribution in [0.15, 0.2) is 0 Å². The number of rotatable bonds is 8. The first-order valence-corrected chi connectivity index (χ1v) is 7.94. The van der Waals surface area contributed by atoms with Crippen LogP contribution in [0.4, 0.5) is 0 Å². The zero-order valence-electron chi connectivity index (χ0n) is 13.4. The van der Waals surface area contributed by atoms with Crippen molar-refractivity contribution in [2.24, 2.45) is 11.3 Å². The summed E-state index contributed by atoms with van der Waals surface area (Å²) in [7, 11) is 0. The number of ether oxygens (including phenoxy) is 3. The van der Waals surface area contributed by atoms with Crippen molar-refractivity contribution >= 4 is 0 Å². The van der Waals surface area contributed by atoms with E-state index >= 15 is 0 Å². The molecule has 19 heavy (non-hydrogen) atoms. The van der Waals surface area contributed by atoms with Crippen LogP contribution in [-0.2, 0) is 14.2 Å². The fraction of sp³-hybridized carbons (Fsp3) is 1.00. The van der Waals surface area contributed by atoms with E-state index in [2.05, 4.69) is 34.6 Å². The van der Waals surface area contributed by atoms with E-state index in [1.54, 1.807) is 0 Å². The predicted octanol–water partition coefficient (Wildman–Crippen LogP) is 3.66. The Morgan fingerprint density at radius 2 is 1.47 bits per heavy atom. The molecule has 0 N–H and O–H groups in total. The first kappa shape index (κ1) is 16.9. The van der Waals surface area contributed by atoms with E-state index in [1.165, 1.54) is 6.42 Å². The smallest absolute Gasteiger partial charge is 0.0680 e. The Kier molecular flexibility index (Phi) is 7.33. The lowest BCUT2D eigenvalue weighted by molar-refractivity contribution is -0.193. The predicted molar refractivity (Wildman–Crippen MR) is 78.4 cm³/mol. The summed E-state index contributed by atoms with van der Waals surface area (Å²) in [5.41, 5.74) is 0.000278. The van der Waals surface area contributed by atoms with Crippen molar-refractivity contribution in [2.45, 2.75) is 66.1 Å². The summed E-state index contributed by atoms with van der Waals surface area (Å²) in [6.07, 6.45) is 3.96. The lowest BCUT2D eigenvalue weighted by Gasteiger charge is -2.51. The first-order chi connectivity index (χ1) is 9.13. The van der Waals surface area contributed by atoms with Crippen molar-refractivity contribution < 1.29 is 14.2 Å². The number of hydrogen-bond acceptors (Lipinski definition) is 3. The zero-order valence-corrected chi connectivity index (χ0v) is 13.4. The Bertz CT molecular complexity index is 222. The molecule has 2 unspecified atom stereocenters. The molecular weight excluding hydrogens is 240 g/mol. The molecule has 0 aromatic carbocycles. The van der Waals surface area contributed by atoms with Crippen molar-refractivity contribution in [1.29, 1.82) is 0 Å². The molecule has 3 nitrogen and oxygen atoms in total. The van der Waals surface area contributed by atoms with Gasteiger partial charge in [0.2, 0.25) is 0 Å². The van der Waals surface area contributed by atoms with E-state index in [9.17, 15) is 0 Å². The van der Waals surface area contributed by atoms with Crippen molar-refractivity contribution in [2.75, 3.05) is 26.4 Å². The minimum Gasteiger partial charge on any atom is -0.381 e. The van der Waals surface area contributed by atoms with Gasteiger partial charge >= 0.3 is 0 Å². The van der Waals surface area contributed by atoms with Gasteiger partial charge in [-0.1, -0.05) is 13.8 Å². The van der Waals surface area contributed by atoms with Crippen molar-refractivity contribution in [1.82, 2.24) is 0 Å². The molecule has 0 amide bonds. The topological polar surface area (TPSA) is 27.7 Å². The van der Waals surface area contributed by atoms with Crippen LogP contribution in [0.25, 0.3) is 0 Å². The van der Waals surface area contributed by atoms with Gasteiger partial charge in [-0.05, 0) is 46.0 Å². The van der Waals surface area contributed by atoms with E-state index in [0.29, 0.717) is 5.92 Å². The van der Waals surface area contributed by atoms with Gasteiger partial charge in [-0.2, -0.15) is 0 Å². The summed E-state index contributed by atoms with van der Waals surface area (Å²) in [6, 6.07) is 0. The third kappa shape index (κ3) is 3.71. The quantitative estimate of drug-likeness (QED) is 0.675. The SMILES string of the molecule is CCOCC1(C(C)C)C(OCC)CCCC1OCC. The van der Waals surface area contributed by atoms with Gasteiger partial charge in [0.15, 0.2) is 0 Å². The Balaban J connectivity index is 3.00. The average Bonchev–Trinajstić information content (AvgIpc) is 2.38. The van der Waals surface area contributed by atoms with Crippen LogP contribution >= 0.6 is 0 Å². The summed E-state index contributed by atoms with van der Waals surface area (Å²) < 4.78 is 18.0. The average molecular weight is 272 g/mol. The van der Waals surface area contributed by atoms with E-state index in [1.807, 2.05) is 0 Å². The molecule has 1 aliphatic carbocycles. The van der Waals surface area contributed by atoms with E-state index < -0.39 is 0 Å². The molecule has 1 aliphatic rings. The van der Waals surface area contributed by atoms with Gasteiger partial charge < -0.3 is 14.2 Å². The maximum Gasteiger partial charge on any atom is 0.0680 e. The largest absolute Gasteiger partial charge is 0.381 e. The van der Waals surface area contributed by atoms with Gasteiger partial charge in [0, 0.05) is 25.2 Å². The fourth-order valence-corrected chi connectivity index (χ4v) is 3.49. The lowest BCUT2D eigenvalue weighted by atomic mass is 9.63. The minimum atomic E-state index is 0.000278. The Hall–Kier alpha value is -0.120. The third-order valence-corrected chi connectivity index (χ3v) is 4.50. The molecule has 0 spiro atoms. The molecule has 0 aromatic rings. The summed E-state index contributed by atoms with van der Waals surface area (Å²) in [5.74, 6) is 0.493. The van der Waals surface area contributed by atoms with Crippen molar-refractivity contribution in [3.05, 3.63) is 0 Å². The van der Waals surface area contributed by atoms with Crippen LogP contribution in [0.3, 0.4) is 0 Å². The molecule has 114 valence electrons. The Labute approximate surface area is 119 Å². The minimum absolute atomic E-state index is 0.000278. The lowest BCUT2D eigenvalue weighted by Crippen LogP contribution is -2.56. The van der Waals surface area contributed by atoms with Gasteiger partial charge in [0.05, 0.1) is 18.8 Å². The van der Waals surface area contributed by atoms with Crippen LogP contribution in [0.5, 0.6) is 0 Å². The highest BCUT2D eigenvalue weighted by atomic mass is 16.5. The van der Waals surface area contributed by atoms with Gasteiger partial charge in [-0.25, -0.2) is 0 Å². The van der Waals surface area contributed by atoms with E-state index in [0.717, 1.165) is 39.3 Å². The normalized spacial score (nSPS) is 31.9. The van der Waals surface area contributed by atoms with Crippen LogP contribution < -0.4 is 0 Å². The zero-order chi connectivity index (χ0) is 14.3. The summed E-state index contributed by atoms with van der Waals surface area (Å²) in [5, 5.41) is 0. The molecule has 0 bridgehead atoms. The molecular formula is C16H32O3. The van der Waals surface area contributed by atoms with E-state index in [4.69, 9.17) is 14.2 Å². The highest BCUT2D eigenvalue weighted by molar-refractivity contribution is 5.00. The molecule has 0 saturated heterocycles. The monoisotopic (exact) mass is 272 g/mol. The second-order valence-corrected chi connectivity index (χ2v) is 5.72. The standard InChI is InChI=1S/C16H32O3/c1-6-17-12-16(13(4)5)14(18-7-2)10-9-11-15(16)19-8-3/h13-15H,6-12H2,1-5H3. The summed E-state index contributed by atoms with van der Waals surface area (Å²) in [4.78, 5) is 0. The van der Waals surface area contributed by atoms with Crippen LogP contribution in [-0.4, -0.2) is 38.6 Å². The molecule has 2 atom stereocenters. The third-order valence-electron chi connectivity index (χ3n) is 4.50. The Morgan fingerprint density at radius 3 is 1.84 bits per heavy atom. The van der Waals surface area contributed by atoms with Crippen LogP contribution in [0.1, 0.15) is 53.9 Å². The second kappa shape index (κ2) is 8.23. The van der Waals surface area contributed by atoms with Crippen molar-refractivity contribution in [3.63, 3.8) is 0 Å². The van der Waals surface area contributed by atoms with Crippen molar-refractivity contribution in [3.8, 4) is 0 Å². The molecule has 1 fully saturated rings.